The van der Waals surface area contributed by atoms with Crippen LogP contribution in [0.15, 0.2) is 0 Å². The van der Waals surface area contributed by atoms with Gasteiger partial charge < -0.3 is 15.2 Å². The first-order valence-electron chi connectivity index (χ1n) is 8.16. The molecule has 2 fully saturated rings. The van der Waals surface area contributed by atoms with Crippen LogP contribution in [0.1, 0.15) is 64.7 Å². The van der Waals surface area contributed by atoms with E-state index in [4.69, 9.17) is 4.74 Å². The number of nitrogens with one attached hydrogen (secondary N) is 1. The quantitative estimate of drug-likeness (QED) is 0.806. The fraction of sp³-hybridized carbons (Fsp3) is 1.00. The van der Waals surface area contributed by atoms with Crippen LogP contribution < -0.4 is 5.32 Å². The Bertz CT molecular complexity index is 265. The van der Waals surface area contributed by atoms with Crippen LogP contribution in [0.3, 0.4) is 0 Å². The average molecular weight is 269 g/mol. The molecule has 2 saturated carbocycles. The molecule has 2 aliphatic carbocycles. The number of hydrogen-bond donors (Lipinski definition) is 2. The Kier molecular flexibility index (Phi) is 5.67. The van der Waals surface area contributed by atoms with Crippen molar-refractivity contribution in [3.63, 3.8) is 0 Å². The summed E-state index contributed by atoms with van der Waals surface area (Å²) in [5.41, 5.74) is -0.0955. The van der Waals surface area contributed by atoms with E-state index >= 15 is 0 Å². The molecular formula is C16H31NO2. The molecule has 0 saturated heterocycles. The molecule has 19 heavy (non-hydrogen) atoms. The molecule has 2 rings (SSSR count). The van der Waals surface area contributed by atoms with E-state index in [0.29, 0.717) is 12.2 Å². The zero-order chi connectivity index (χ0) is 13.7. The molecule has 0 amide bonds. The topological polar surface area (TPSA) is 41.5 Å². The van der Waals surface area contributed by atoms with Crippen LogP contribution in [0.4, 0.5) is 0 Å². The molecule has 2 aliphatic rings. The lowest BCUT2D eigenvalue weighted by Gasteiger charge is -2.41. The highest BCUT2D eigenvalue weighted by Crippen LogP contribution is 2.34. The molecule has 4 unspecified atom stereocenters. The van der Waals surface area contributed by atoms with Crippen molar-refractivity contribution in [1.82, 2.24) is 5.32 Å². The van der Waals surface area contributed by atoms with Gasteiger partial charge in [0.2, 0.25) is 0 Å². The Morgan fingerprint density at radius 2 is 2.00 bits per heavy atom. The van der Waals surface area contributed by atoms with Gasteiger partial charge in [0.25, 0.3) is 0 Å². The van der Waals surface area contributed by atoms with Crippen molar-refractivity contribution in [2.75, 3.05) is 13.7 Å². The second-order valence-corrected chi connectivity index (χ2v) is 6.61. The number of hydrogen-bond acceptors (Lipinski definition) is 3. The lowest BCUT2D eigenvalue weighted by molar-refractivity contribution is -0.0750. The second kappa shape index (κ2) is 7.05. The number of aliphatic hydroxyl groups is 1. The molecular weight excluding hydrogens is 238 g/mol. The summed E-state index contributed by atoms with van der Waals surface area (Å²) < 4.78 is 6.37. The van der Waals surface area contributed by atoms with Gasteiger partial charge in [-0.25, -0.2) is 0 Å². The number of likely N-dealkylation sites (N-methyl/N-ethyl adjacent to an activating group) is 1. The lowest BCUT2D eigenvalue weighted by Crippen LogP contribution is -2.52. The minimum atomic E-state index is -0.0955. The molecule has 3 heteroatoms. The Balaban J connectivity index is 1.85. The van der Waals surface area contributed by atoms with Crippen molar-refractivity contribution in [3.8, 4) is 0 Å². The van der Waals surface area contributed by atoms with E-state index < -0.39 is 0 Å². The van der Waals surface area contributed by atoms with E-state index in [0.717, 1.165) is 31.6 Å². The molecule has 0 bridgehead atoms. The maximum absolute atomic E-state index is 9.63. The van der Waals surface area contributed by atoms with Crippen LogP contribution in [0.5, 0.6) is 0 Å². The molecule has 112 valence electrons. The molecule has 0 aromatic rings. The highest BCUT2D eigenvalue weighted by molar-refractivity contribution is 4.93. The van der Waals surface area contributed by atoms with E-state index in [1.807, 2.05) is 7.05 Å². The number of rotatable bonds is 5. The van der Waals surface area contributed by atoms with Crippen molar-refractivity contribution in [3.05, 3.63) is 0 Å². The van der Waals surface area contributed by atoms with Crippen LogP contribution in [0.2, 0.25) is 0 Å². The van der Waals surface area contributed by atoms with Gasteiger partial charge >= 0.3 is 0 Å². The first-order chi connectivity index (χ1) is 9.21. The smallest absolute Gasteiger partial charge is 0.0614 e. The summed E-state index contributed by atoms with van der Waals surface area (Å²) in [6.45, 7) is 2.52. The van der Waals surface area contributed by atoms with E-state index in [1.165, 1.54) is 32.1 Å². The molecule has 0 aromatic heterocycles. The molecule has 0 heterocycles. The third-order valence-electron chi connectivity index (χ3n) is 5.33. The largest absolute Gasteiger partial charge is 0.394 e. The average Bonchev–Trinajstić information content (AvgIpc) is 2.47. The van der Waals surface area contributed by atoms with E-state index in [2.05, 4.69) is 12.2 Å². The van der Waals surface area contributed by atoms with Gasteiger partial charge in [-0.1, -0.05) is 26.2 Å². The molecule has 0 aliphatic heterocycles. The first-order valence-corrected chi connectivity index (χ1v) is 8.16. The van der Waals surface area contributed by atoms with Gasteiger partial charge in [0.05, 0.1) is 18.8 Å². The van der Waals surface area contributed by atoms with Gasteiger partial charge in [-0.2, -0.15) is 0 Å². The summed E-state index contributed by atoms with van der Waals surface area (Å²) in [5, 5.41) is 13.0. The van der Waals surface area contributed by atoms with Gasteiger partial charge in [0, 0.05) is 5.54 Å². The fourth-order valence-corrected chi connectivity index (χ4v) is 3.88. The van der Waals surface area contributed by atoms with Crippen molar-refractivity contribution in [2.45, 2.75) is 82.5 Å². The van der Waals surface area contributed by atoms with Gasteiger partial charge in [0.1, 0.15) is 0 Å². The van der Waals surface area contributed by atoms with E-state index in [1.54, 1.807) is 0 Å². The van der Waals surface area contributed by atoms with E-state index in [-0.39, 0.29) is 12.1 Å². The third kappa shape index (κ3) is 3.93. The van der Waals surface area contributed by atoms with Crippen molar-refractivity contribution in [1.29, 1.82) is 0 Å². The zero-order valence-electron chi connectivity index (χ0n) is 12.7. The molecule has 0 radical (unpaired) electrons. The van der Waals surface area contributed by atoms with Crippen LogP contribution in [0, 0.1) is 5.92 Å². The summed E-state index contributed by atoms with van der Waals surface area (Å²) in [6, 6.07) is 0. The Hall–Kier alpha value is -0.120. The fourth-order valence-electron chi connectivity index (χ4n) is 3.88. The van der Waals surface area contributed by atoms with Gasteiger partial charge in [0.15, 0.2) is 0 Å². The van der Waals surface area contributed by atoms with Crippen LogP contribution >= 0.6 is 0 Å². The lowest BCUT2D eigenvalue weighted by atomic mass is 9.80. The van der Waals surface area contributed by atoms with Gasteiger partial charge in [-0.15, -0.1) is 0 Å². The van der Waals surface area contributed by atoms with Crippen LogP contribution in [-0.2, 0) is 4.74 Å². The summed E-state index contributed by atoms with van der Waals surface area (Å²) in [6.07, 6.45) is 11.7. The highest BCUT2D eigenvalue weighted by atomic mass is 16.5. The van der Waals surface area contributed by atoms with Crippen molar-refractivity contribution >= 4 is 0 Å². The Morgan fingerprint density at radius 1 is 1.21 bits per heavy atom. The highest BCUT2D eigenvalue weighted by Gasteiger charge is 2.36. The number of ether oxygens (including phenoxy) is 1. The van der Waals surface area contributed by atoms with E-state index in [9.17, 15) is 5.11 Å². The second-order valence-electron chi connectivity index (χ2n) is 6.61. The summed E-state index contributed by atoms with van der Waals surface area (Å²) in [4.78, 5) is 0. The summed E-state index contributed by atoms with van der Waals surface area (Å²) >= 11 is 0. The van der Waals surface area contributed by atoms with Gasteiger partial charge in [-0.3, -0.25) is 0 Å². The van der Waals surface area contributed by atoms with Crippen LogP contribution in [-0.4, -0.2) is 36.5 Å². The van der Waals surface area contributed by atoms with Crippen LogP contribution in [0.25, 0.3) is 0 Å². The van der Waals surface area contributed by atoms with Crippen molar-refractivity contribution < 1.29 is 9.84 Å². The first kappa shape index (κ1) is 15.3. The Morgan fingerprint density at radius 3 is 2.68 bits per heavy atom. The van der Waals surface area contributed by atoms with Gasteiger partial charge in [-0.05, 0) is 51.5 Å². The molecule has 3 nitrogen and oxygen atoms in total. The maximum atomic E-state index is 9.63. The summed E-state index contributed by atoms with van der Waals surface area (Å²) in [7, 11) is 1.96. The normalized spacial score (nSPS) is 40.3. The molecule has 4 atom stereocenters. The molecule has 0 spiro atoms. The monoisotopic (exact) mass is 269 g/mol. The SMILES string of the molecule is CCC1CCCC(OC2CCCC(CO)(NC)C2)C1. The third-order valence-corrected chi connectivity index (χ3v) is 5.33. The number of aliphatic hydroxyl groups excluding tert-OH is 1. The molecule has 0 aromatic carbocycles. The summed E-state index contributed by atoms with van der Waals surface area (Å²) in [5.74, 6) is 0.870. The standard InChI is InChI=1S/C16H31NO2/c1-3-13-6-4-7-14(10-13)19-15-8-5-9-16(11-15,12-18)17-2/h13-15,17-18H,3-12H2,1-2H3. The Labute approximate surface area is 118 Å². The van der Waals surface area contributed by atoms with Crippen molar-refractivity contribution in [2.24, 2.45) is 5.92 Å². The zero-order valence-corrected chi connectivity index (χ0v) is 12.7. The minimum absolute atomic E-state index is 0.0955. The molecule has 2 N–H and O–H groups in total. The predicted octanol–water partition coefficient (Wildman–Crippen LogP) is 2.86. The predicted molar refractivity (Wildman–Crippen MR) is 78.3 cm³/mol. The maximum Gasteiger partial charge on any atom is 0.0614 e. The minimum Gasteiger partial charge on any atom is -0.394 e.